The molecule has 1 heterocycles. The van der Waals surface area contributed by atoms with Gasteiger partial charge < -0.3 is 10.2 Å². The van der Waals surface area contributed by atoms with Crippen LogP contribution in [-0.2, 0) is 11.0 Å². The normalized spacial score (nSPS) is 15.7. The monoisotopic (exact) mass is 258 g/mol. The van der Waals surface area contributed by atoms with Crippen molar-refractivity contribution in [1.29, 1.82) is 0 Å². The van der Waals surface area contributed by atoms with Crippen molar-refractivity contribution in [3.63, 3.8) is 0 Å². The van der Waals surface area contributed by atoms with E-state index in [0.717, 1.165) is 12.1 Å². The summed E-state index contributed by atoms with van der Waals surface area (Å²) in [4.78, 5) is 13.1. The summed E-state index contributed by atoms with van der Waals surface area (Å²) in [7, 11) is 0. The van der Waals surface area contributed by atoms with Crippen LogP contribution in [0.1, 0.15) is 19.4 Å². The van der Waals surface area contributed by atoms with Crippen molar-refractivity contribution in [2.45, 2.75) is 26.1 Å². The van der Waals surface area contributed by atoms with Gasteiger partial charge in [0.15, 0.2) is 0 Å². The Bertz CT molecular complexity index is 483. The fraction of sp³-hybridized carbons (Fsp3) is 0.417. The molecule has 0 atom stereocenters. The highest BCUT2D eigenvalue weighted by molar-refractivity contribution is 6.01. The first kappa shape index (κ1) is 12.7. The zero-order valence-electron chi connectivity index (χ0n) is 10.0. The standard InChI is InChI=1S/C12H13F3N2O/c1-7(2)17-6-11(18)16-9-4-3-8(5-10(9)17)12(13,14)15/h3-5,7H,6H2,1-2H3,(H,16,18). The summed E-state index contributed by atoms with van der Waals surface area (Å²) >= 11 is 0. The molecule has 98 valence electrons. The predicted molar refractivity (Wildman–Crippen MR) is 62.6 cm³/mol. The first-order chi connectivity index (χ1) is 8.29. The molecular weight excluding hydrogens is 245 g/mol. The van der Waals surface area contributed by atoms with Crippen LogP contribution in [-0.4, -0.2) is 18.5 Å². The van der Waals surface area contributed by atoms with E-state index in [-0.39, 0.29) is 18.5 Å². The lowest BCUT2D eigenvalue weighted by Crippen LogP contribution is -2.42. The number of nitrogens with one attached hydrogen (secondary N) is 1. The fourth-order valence-electron chi connectivity index (χ4n) is 1.94. The van der Waals surface area contributed by atoms with Crippen LogP contribution in [0.2, 0.25) is 0 Å². The minimum atomic E-state index is -4.38. The molecule has 0 unspecified atom stereocenters. The van der Waals surface area contributed by atoms with Gasteiger partial charge in [0.05, 0.1) is 23.5 Å². The SMILES string of the molecule is CC(C)N1CC(=O)Nc2ccc(C(F)(F)F)cc21. The largest absolute Gasteiger partial charge is 0.416 e. The summed E-state index contributed by atoms with van der Waals surface area (Å²) in [5, 5.41) is 2.58. The van der Waals surface area contributed by atoms with E-state index >= 15 is 0 Å². The Kier molecular flexibility index (Phi) is 2.96. The van der Waals surface area contributed by atoms with Gasteiger partial charge in [0.1, 0.15) is 0 Å². The Hall–Kier alpha value is -1.72. The molecule has 0 bridgehead atoms. The van der Waals surface area contributed by atoms with Gasteiger partial charge in [-0.05, 0) is 32.0 Å². The van der Waals surface area contributed by atoms with Crippen LogP contribution in [0.3, 0.4) is 0 Å². The Morgan fingerprint density at radius 2 is 2.00 bits per heavy atom. The van der Waals surface area contributed by atoms with Gasteiger partial charge >= 0.3 is 6.18 Å². The molecule has 0 spiro atoms. The van der Waals surface area contributed by atoms with E-state index in [4.69, 9.17) is 0 Å². The molecule has 2 rings (SSSR count). The van der Waals surface area contributed by atoms with Crippen LogP contribution in [0.15, 0.2) is 18.2 Å². The predicted octanol–water partition coefficient (Wildman–Crippen LogP) is 2.87. The average Bonchev–Trinajstić information content (AvgIpc) is 2.25. The summed E-state index contributed by atoms with van der Waals surface area (Å²) in [6.07, 6.45) is -4.38. The molecule has 3 nitrogen and oxygen atoms in total. The van der Waals surface area contributed by atoms with E-state index < -0.39 is 11.7 Å². The lowest BCUT2D eigenvalue weighted by molar-refractivity contribution is -0.137. The minimum absolute atomic E-state index is 0.0433. The smallest absolute Gasteiger partial charge is 0.358 e. The van der Waals surface area contributed by atoms with Crippen LogP contribution in [0.5, 0.6) is 0 Å². The Labute approximate surface area is 103 Å². The van der Waals surface area contributed by atoms with Gasteiger partial charge in [-0.3, -0.25) is 4.79 Å². The lowest BCUT2D eigenvalue weighted by Gasteiger charge is -2.34. The molecule has 0 aromatic heterocycles. The molecule has 1 aromatic rings. The van der Waals surface area contributed by atoms with E-state index in [1.807, 2.05) is 13.8 Å². The van der Waals surface area contributed by atoms with Gasteiger partial charge in [-0.25, -0.2) is 0 Å². The second kappa shape index (κ2) is 4.19. The number of amides is 1. The first-order valence-electron chi connectivity index (χ1n) is 5.57. The number of nitrogens with zero attached hydrogens (tertiary/aromatic N) is 1. The van der Waals surface area contributed by atoms with Gasteiger partial charge in [0.2, 0.25) is 5.91 Å². The first-order valence-corrected chi connectivity index (χ1v) is 5.57. The van der Waals surface area contributed by atoms with Crippen LogP contribution >= 0.6 is 0 Å². The maximum absolute atomic E-state index is 12.7. The zero-order chi connectivity index (χ0) is 13.5. The highest BCUT2D eigenvalue weighted by Crippen LogP contribution is 2.37. The van der Waals surface area contributed by atoms with Crippen molar-refractivity contribution in [2.24, 2.45) is 0 Å². The number of rotatable bonds is 1. The molecule has 1 aromatic carbocycles. The molecule has 0 aliphatic carbocycles. The number of alkyl halides is 3. The third-order valence-corrected chi connectivity index (χ3v) is 2.85. The van der Waals surface area contributed by atoms with Gasteiger partial charge in [0.25, 0.3) is 0 Å². The minimum Gasteiger partial charge on any atom is -0.358 e. The second-order valence-corrected chi connectivity index (χ2v) is 4.50. The van der Waals surface area contributed by atoms with Crippen molar-refractivity contribution in [2.75, 3.05) is 16.8 Å². The maximum atomic E-state index is 12.7. The maximum Gasteiger partial charge on any atom is 0.416 e. The molecule has 0 radical (unpaired) electrons. The van der Waals surface area contributed by atoms with E-state index in [1.165, 1.54) is 6.07 Å². The summed E-state index contributed by atoms with van der Waals surface area (Å²) in [6.45, 7) is 3.75. The van der Waals surface area contributed by atoms with Gasteiger partial charge in [0, 0.05) is 6.04 Å². The Morgan fingerprint density at radius 1 is 1.33 bits per heavy atom. The molecule has 1 amide bonds. The number of hydrogen-bond acceptors (Lipinski definition) is 2. The summed E-state index contributed by atoms with van der Waals surface area (Å²) in [5.74, 6) is -0.212. The fourth-order valence-corrected chi connectivity index (χ4v) is 1.94. The van der Waals surface area contributed by atoms with Gasteiger partial charge in [-0.2, -0.15) is 13.2 Å². The summed E-state index contributed by atoms with van der Waals surface area (Å²) in [6, 6.07) is 3.31. The lowest BCUT2D eigenvalue weighted by atomic mass is 10.1. The number of benzene rings is 1. The molecule has 1 N–H and O–H groups in total. The van der Waals surface area contributed by atoms with Crippen LogP contribution in [0, 0.1) is 0 Å². The van der Waals surface area contributed by atoms with E-state index in [1.54, 1.807) is 4.90 Å². The van der Waals surface area contributed by atoms with E-state index in [9.17, 15) is 18.0 Å². The Balaban J connectivity index is 2.49. The van der Waals surface area contributed by atoms with Crippen LogP contribution < -0.4 is 10.2 Å². The number of anilines is 2. The molecule has 0 fully saturated rings. The molecule has 6 heteroatoms. The molecule has 0 saturated carbocycles. The third kappa shape index (κ3) is 2.27. The molecule has 0 saturated heterocycles. The molecule has 1 aliphatic heterocycles. The average molecular weight is 258 g/mol. The van der Waals surface area contributed by atoms with Crippen LogP contribution in [0.4, 0.5) is 24.5 Å². The zero-order valence-corrected chi connectivity index (χ0v) is 10.0. The number of halogens is 3. The highest BCUT2D eigenvalue weighted by atomic mass is 19.4. The van der Waals surface area contributed by atoms with Crippen molar-refractivity contribution >= 4 is 17.3 Å². The van der Waals surface area contributed by atoms with Crippen molar-refractivity contribution < 1.29 is 18.0 Å². The third-order valence-electron chi connectivity index (χ3n) is 2.85. The molecular formula is C12H13F3N2O. The Morgan fingerprint density at radius 3 is 2.56 bits per heavy atom. The second-order valence-electron chi connectivity index (χ2n) is 4.50. The number of hydrogen-bond donors (Lipinski definition) is 1. The number of carbonyl (C=O) groups is 1. The van der Waals surface area contributed by atoms with Crippen molar-refractivity contribution in [1.82, 2.24) is 0 Å². The van der Waals surface area contributed by atoms with Gasteiger partial charge in [-0.1, -0.05) is 0 Å². The summed E-state index contributed by atoms with van der Waals surface area (Å²) in [5.41, 5.74) is 0.135. The van der Waals surface area contributed by atoms with E-state index in [0.29, 0.717) is 11.4 Å². The van der Waals surface area contributed by atoms with E-state index in [2.05, 4.69) is 5.32 Å². The van der Waals surface area contributed by atoms with Crippen LogP contribution in [0.25, 0.3) is 0 Å². The number of carbonyl (C=O) groups excluding carboxylic acids is 1. The molecule has 18 heavy (non-hydrogen) atoms. The van der Waals surface area contributed by atoms with Gasteiger partial charge in [-0.15, -0.1) is 0 Å². The molecule has 1 aliphatic rings. The summed E-state index contributed by atoms with van der Waals surface area (Å²) < 4.78 is 38.0. The van der Waals surface area contributed by atoms with Crippen molar-refractivity contribution in [3.05, 3.63) is 23.8 Å². The highest BCUT2D eigenvalue weighted by Gasteiger charge is 2.33. The number of fused-ring (bicyclic) bond motifs is 1. The van der Waals surface area contributed by atoms with Crippen molar-refractivity contribution in [3.8, 4) is 0 Å². The quantitative estimate of drug-likeness (QED) is 0.840. The topological polar surface area (TPSA) is 32.3 Å².